The number of aliphatic hydroxyl groups is 1. The first-order chi connectivity index (χ1) is 7.99. The molecule has 0 saturated heterocycles. The molecule has 0 aliphatic carbocycles. The van der Waals surface area contributed by atoms with Gasteiger partial charge in [0.1, 0.15) is 0 Å². The lowest BCUT2D eigenvalue weighted by atomic mass is 10.3. The molecular weight excluding hydrogens is 292 g/mol. The van der Waals surface area contributed by atoms with Crippen LogP contribution in [0.2, 0.25) is 0 Å². The van der Waals surface area contributed by atoms with Crippen molar-refractivity contribution in [3.8, 4) is 0 Å². The van der Waals surface area contributed by atoms with E-state index in [1.54, 1.807) is 24.3 Å². The highest BCUT2D eigenvalue weighted by molar-refractivity contribution is 9.10. The quantitative estimate of drug-likeness (QED) is 0.667. The summed E-state index contributed by atoms with van der Waals surface area (Å²) in [4.78, 5) is 21.6. The smallest absolute Gasteiger partial charge is 0.334 e. The molecule has 0 heterocycles. The molecule has 0 saturated carbocycles. The highest BCUT2D eigenvalue weighted by Crippen LogP contribution is 2.15. The molecule has 1 unspecified atom stereocenters. The predicted molar refractivity (Wildman–Crippen MR) is 64.8 cm³/mol. The summed E-state index contributed by atoms with van der Waals surface area (Å²) in [6, 6.07) is 6.33. The van der Waals surface area contributed by atoms with E-state index in [-0.39, 0.29) is 6.54 Å². The number of halogens is 1. The Morgan fingerprint density at radius 3 is 2.71 bits per heavy atom. The second-order valence-electron chi connectivity index (χ2n) is 3.20. The molecule has 2 amide bonds. The van der Waals surface area contributed by atoms with Crippen molar-refractivity contribution in [3.05, 3.63) is 28.7 Å². The fourth-order valence-electron chi connectivity index (χ4n) is 1.02. The van der Waals surface area contributed by atoms with E-state index < -0.39 is 18.1 Å². The number of hydrogen-bond acceptors (Lipinski definition) is 3. The third kappa shape index (κ3) is 4.83. The lowest BCUT2D eigenvalue weighted by Gasteiger charge is -2.09. The number of carbonyl (C=O) groups excluding carboxylic acids is 1. The van der Waals surface area contributed by atoms with Gasteiger partial charge in [0, 0.05) is 10.2 Å². The molecule has 0 bridgehead atoms. The molecule has 0 aromatic heterocycles. The lowest BCUT2D eigenvalue weighted by molar-refractivity contribution is -0.146. The zero-order valence-electron chi connectivity index (χ0n) is 8.68. The van der Waals surface area contributed by atoms with E-state index in [2.05, 4.69) is 26.6 Å². The van der Waals surface area contributed by atoms with Crippen molar-refractivity contribution < 1.29 is 19.8 Å². The summed E-state index contributed by atoms with van der Waals surface area (Å²) in [5.41, 5.74) is 0.557. The Kier molecular flexibility index (Phi) is 4.92. The van der Waals surface area contributed by atoms with E-state index in [1.165, 1.54) is 0 Å². The first-order valence-electron chi connectivity index (χ1n) is 4.70. The summed E-state index contributed by atoms with van der Waals surface area (Å²) in [6.45, 7) is -0.352. The number of aliphatic hydroxyl groups excluding tert-OH is 1. The molecule has 1 aromatic carbocycles. The van der Waals surface area contributed by atoms with Crippen LogP contribution in [0.15, 0.2) is 28.7 Å². The van der Waals surface area contributed by atoms with Gasteiger partial charge in [-0.25, -0.2) is 9.59 Å². The van der Waals surface area contributed by atoms with Crippen molar-refractivity contribution in [3.63, 3.8) is 0 Å². The minimum Gasteiger partial charge on any atom is -0.479 e. The molecule has 1 aromatic rings. The summed E-state index contributed by atoms with van der Waals surface area (Å²) < 4.78 is 0.806. The average Bonchev–Trinajstić information content (AvgIpc) is 2.25. The van der Waals surface area contributed by atoms with Crippen molar-refractivity contribution >= 4 is 33.6 Å². The topological polar surface area (TPSA) is 98.7 Å². The Balaban J connectivity index is 2.42. The fourth-order valence-corrected chi connectivity index (χ4v) is 1.42. The van der Waals surface area contributed by atoms with E-state index in [0.717, 1.165) is 4.47 Å². The molecule has 1 rings (SSSR count). The van der Waals surface area contributed by atoms with Crippen LogP contribution in [0, 0.1) is 0 Å². The Hall–Kier alpha value is -1.60. The van der Waals surface area contributed by atoms with Crippen molar-refractivity contribution in [2.45, 2.75) is 6.10 Å². The molecule has 0 aliphatic rings. The maximum atomic E-state index is 11.3. The third-order valence-electron chi connectivity index (χ3n) is 1.82. The summed E-state index contributed by atoms with van der Waals surface area (Å²) in [5, 5.41) is 22.1. The summed E-state index contributed by atoms with van der Waals surface area (Å²) >= 11 is 3.24. The van der Waals surface area contributed by atoms with Gasteiger partial charge in [0.25, 0.3) is 0 Å². The highest BCUT2D eigenvalue weighted by Gasteiger charge is 2.13. The van der Waals surface area contributed by atoms with E-state index in [4.69, 9.17) is 10.2 Å². The number of urea groups is 1. The molecule has 0 fully saturated rings. The highest BCUT2D eigenvalue weighted by atomic mass is 79.9. The van der Waals surface area contributed by atoms with E-state index in [0.29, 0.717) is 5.69 Å². The minimum atomic E-state index is -1.61. The number of rotatable bonds is 4. The fraction of sp³-hybridized carbons (Fsp3) is 0.200. The van der Waals surface area contributed by atoms with Gasteiger partial charge in [-0.1, -0.05) is 22.0 Å². The van der Waals surface area contributed by atoms with Gasteiger partial charge in [0.05, 0.1) is 6.54 Å². The van der Waals surface area contributed by atoms with Gasteiger partial charge in [0.15, 0.2) is 6.10 Å². The van der Waals surface area contributed by atoms with Gasteiger partial charge < -0.3 is 20.8 Å². The molecule has 0 aliphatic heterocycles. The van der Waals surface area contributed by atoms with Gasteiger partial charge in [0.2, 0.25) is 0 Å². The number of anilines is 1. The maximum absolute atomic E-state index is 11.3. The number of amides is 2. The van der Waals surface area contributed by atoms with Gasteiger partial charge in [-0.15, -0.1) is 0 Å². The Labute approximate surface area is 106 Å². The molecule has 0 spiro atoms. The van der Waals surface area contributed by atoms with Crippen LogP contribution in [0.5, 0.6) is 0 Å². The van der Waals surface area contributed by atoms with Gasteiger partial charge in [-0.2, -0.15) is 0 Å². The second kappa shape index (κ2) is 6.21. The van der Waals surface area contributed by atoms with Crippen molar-refractivity contribution in [1.82, 2.24) is 5.32 Å². The monoisotopic (exact) mass is 302 g/mol. The van der Waals surface area contributed by atoms with E-state index in [9.17, 15) is 9.59 Å². The third-order valence-corrected chi connectivity index (χ3v) is 2.32. The molecular formula is C10H11BrN2O4. The predicted octanol–water partition coefficient (Wildman–Crippen LogP) is 1.02. The number of carbonyl (C=O) groups is 2. The Morgan fingerprint density at radius 1 is 1.41 bits per heavy atom. The van der Waals surface area contributed by atoms with Crippen LogP contribution in [0.3, 0.4) is 0 Å². The number of carboxylic acids is 1. The molecule has 4 N–H and O–H groups in total. The number of benzene rings is 1. The zero-order valence-corrected chi connectivity index (χ0v) is 10.3. The van der Waals surface area contributed by atoms with E-state index >= 15 is 0 Å². The first-order valence-corrected chi connectivity index (χ1v) is 5.49. The minimum absolute atomic E-state index is 0.352. The maximum Gasteiger partial charge on any atom is 0.334 e. The summed E-state index contributed by atoms with van der Waals surface area (Å²) in [7, 11) is 0. The number of nitrogens with one attached hydrogen (secondary N) is 2. The Bertz CT molecular complexity index is 425. The number of aliphatic carboxylic acids is 1. The normalized spacial score (nSPS) is 11.6. The van der Waals surface area contributed by atoms with E-state index in [1.807, 2.05) is 0 Å². The van der Waals surface area contributed by atoms with Crippen LogP contribution >= 0.6 is 15.9 Å². The summed E-state index contributed by atoms with van der Waals surface area (Å²) in [5.74, 6) is -1.38. The first kappa shape index (κ1) is 13.5. The van der Waals surface area contributed by atoms with Crippen LogP contribution in [0.25, 0.3) is 0 Å². The molecule has 7 heteroatoms. The van der Waals surface area contributed by atoms with Crippen LogP contribution in [-0.2, 0) is 4.79 Å². The molecule has 0 radical (unpaired) electrons. The van der Waals surface area contributed by atoms with Gasteiger partial charge in [-0.05, 0) is 18.2 Å². The molecule has 1 atom stereocenters. The largest absolute Gasteiger partial charge is 0.479 e. The van der Waals surface area contributed by atoms with Gasteiger partial charge in [-0.3, -0.25) is 0 Å². The molecule has 17 heavy (non-hydrogen) atoms. The number of carboxylic acid groups (broad SMARTS) is 1. The second-order valence-corrected chi connectivity index (χ2v) is 4.12. The molecule has 6 nitrogen and oxygen atoms in total. The van der Waals surface area contributed by atoms with Crippen LogP contribution in [0.1, 0.15) is 0 Å². The lowest BCUT2D eigenvalue weighted by Crippen LogP contribution is -2.38. The Morgan fingerprint density at radius 2 is 2.12 bits per heavy atom. The van der Waals surface area contributed by atoms with Crippen molar-refractivity contribution in [2.75, 3.05) is 11.9 Å². The zero-order chi connectivity index (χ0) is 12.8. The van der Waals surface area contributed by atoms with Crippen LogP contribution in [0.4, 0.5) is 10.5 Å². The van der Waals surface area contributed by atoms with Gasteiger partial charge >= 0.3 is 12.0 Å². The van der Waals surface area contributed by atoms with Crippen LogP contribution in [-0.4, -0.2) is 34.9 Å². The van der Waals surface area contributed by atoms with Crippen molar-refractivity contribution in [2.24, 2.45) is 0 Å². The van der Waals surface area contributed by atoms with Crippen molar-refractivity contribution in [1.29, 1.82) is 0 Å². The standard InChI is InChI=1S/C10H11BrN2O4/c11-6-2-1-3-7(4-6)13-10(17)12-5-8(14)9(15)16/h1-4,8,14H,5H2,(H,15,16)(H2,12,13,17). The average molecular weight is 303 g/mol. The SMILES string of the molecule is O=C(NCC(O)C(=O)O)Nc1cccc(Br)c1. The number of hydrogen-bond donors (Lipinski definition) is 4. The summed E-state index contributed by atoms with van der Waals surface area (Å²) in [6.07, 6.45) is -1.61. The van der Waals surface area contributed by atoms with Crippen LogP contribution < -0.4 is 10.6 Å². The molecule has 92 valence electrons.